The summed E-state index contributed by atoms with van der Waals surface area (Å²) in [6.07, 6.45) is 5.30. The highest BCUT2D eigenvalue weighted by Crippen LogP contribution is 2.47. The van der Waals surface area contributed by atoms with Crippen molar-refractivity contribution in [3.8, 4) is 0 Å². The molecule has 0 spiro atoms. The topological polar surface area (TPSA) is 12.0 Å². The fraction of sp³-hybridized carbons (Fsp3) is 0.667. The second-order valence-electron chi connectivity index (χ2n) is 6.70. The molecule has 1 aromatic carbocycles. The third-order valence-corrected chi connectivity index (χ3v) is 4.70. The van der Waals surface area contributed by atoms with Gasteiger partial charge in [-0.15, -0.1) is 0 Å². The fourth-order valence-electron chi connectivity index (χ4n) is 3.06. The Kier molecular flexibility index (Phi) is 4.67. The van der Waals surface area contributed by atoms with Gasteiger partial charge in [-0.3, -0.25) is 0 Å². The molecule has 2 rings (SSSR count). The molecule has 1 atom stereocenters. The molecule has 1 N–H and O–H groups in total. The van der Waals surface area contributed by atoms with E-state index in [4.69, 9.17) is 0 Å². The lowest BCUT2D eigenvalue weighted by molar-refractivity contribution is 0.256. The molecule has 106 valence electrons. The van der Waals surface area contributed by atoms with Gasteiger partial charge in [0.1, 0.15) is 0 Å². The SMILES string of the molecule is CCCNCC(C)(Cc1ccc(C)c(C)c1)C1CC1. The van der Waals surface area contributed by atoms with E-state index in [2.05, 4.69) is 51.2 Å². The zero-order valence-electron chi connectivity index (χ0n) is 13.1. The Morgan fingerprint density at radius 1 is 1.21 bits per heavy atom. The molecule has 1 aliphatic carbocycles. The molecule has 0 heterocycles. The predicted molar refractivity (Wildman–Crippen MR) is 83.6 cm³/mol. The van der Waals surface area contributed by atoms with E-state index in [1.54, 1.807) is 0 Å². The van der Waals surface area contributed by atoms with E-state index >= 15 is 0 Å². The van der Waals surface area contributed by atoms with Crippen molar-refractivity contribution in [1.29, 1.82) is 0 Å². The first-order valence-corrected chi connectivity index (χ1v) is 7.82. The summed E-state index contributed by atoms with van der Waals surface area (Å²) in [5.74, 6) is 0.929. The molecule has 1 nitrogen and oxygen atoms in total. The van der Waals surface area contributed by atoms with Crippen molar-refractivity contribution < 1.29 is 0 Å². The highest BCUT2D eigenvalue weighted by molar-refractivity contribution is 5.30. The Bertz CT molecular complexity index is 420. The summed E-state index contributed by atoms with van der Waals surface area (Å²) in [6, 6.07) is 6.98. The van der Waals surface area contributed by atoms with E-state index in [0.29, 0.717) is 5.41 Å². The summed E-state index contributed by atoms with van der Waals surface area (Å²) in [5.41, 5.74) is 4.78. The van der Waals surface area contributed by atoms with E-state index in [-0.39, 0.29) is 0 Å². The molecule has 0 bridgehead atoms. The Balaban J connectivity index is 2.04. The molecule has 1 fully saturated rings. The predicted octanol–water partition coefficient (Wildman–Crippen LogP) is 4.26. The normalized spacial score (nSPS) is 18.3. The summed E-state index contributed by atoms with van der Waals surface area (Å²) in [4.78, 5) is 0. The molecular formula is C18H29N. The molecule has 0 aliphatic heterocycles. The minimum Gasteiger partial charge on any atom is -0.316 e. The average Bonchev–Trinajstić information content (AvgIpc) is 3.19. The van der Waals surface area contributed by atoms with Crippen molar-refractivity contribution in [2.45, 2.75) is 53.4 Å². The maximum atomic E-state index is 3.64. The number of hydrogen-bond acceptors (Lipinski definition) is 1. The average molecular weight is 259 g/mol. The van der Waals surface area contributed by atoms with Gasteiger partial charge in [0, 0.05) is 6.54 Å². The van der Waals surface area contributed by atoms with Gasteiger partial charge in [0.05, 0.1) is 0 Å². The number of nitrogens with one attached hydrogen (secondary N) is 1. The zero-order chi connectivity index (χ0) is 13.9. The van der Waals surface area contributed by atoms with E-state index in [1.165, 1.54) is 48.9 Å². The van der Waals surface area contributed by atoms with E-state index in [9.17, 15) is 0 Å². The van der Waals surface area contributed by atoms with Gasteiger partial charge in [-0.1, -0.05) is 32.0 Å². The highest BCUT2D eigenvalue weighted by atomic mass is 14.9. The standard InChI is InChI=1S/C18H29N/c1-5-10-19-13-18(4,17-8-9-17)12-16-7-6-14(2)15(3)11-16/h6-7,11,17,19H,5,8-10,12-13H2,1-4H3. The molecule has 19 heavy (non-hydrogen) atoms. The van der Waals surface area contributed by atoms with Crippen LogP contribution in [0.5, 0.6) is 0 Å². The van der Waals surface area contributed by atoms with Gasteiger partial charge in [0.25, 0.3) is 0 Å². The zero-order valence-corrected chi connectivity index (χ0v) is 13.1. The minimum atomic E-state index is 0.441. The number of rotatable bonds is 7. The van der Waals surface area contributed by atoms with Crippen molar-refractivity contribution in [2.24, 2.45) is 11.3 Å². The van der Waals surface area contributed by atoms with Crippen LogP contribution in [-0.4, -0.2) is 13.1 Å². The van der Waals surface area contributed by atoms with Gasteiger partial charge in [0.15, 0.2) is 0 Å². The molecular weight excluding hydrogens is 230 g/mol. The Labute approximate surface area is 118 Å². The van der Waals surface area contributed by atoms with Crippen molar-refractivity contribution in [2.75, 3.05) is 13.1 Å². The molecule has 0 radical (unpaired) electrons. The summed E-state index contributed by atoms with van der Waals surface area (Å²) in [7, 11) is 0. The monoisotopic (exact) mass is 259 g/mol. The van der Waals surface area contributed by atoms with Crippen LogP contribution < -0.4 is 5.32 Å². The molecule has 1 aromatic rings. The molecule has 0 aromatic heterocycles. The van der Waals surface area contributed by atoms with Gasteiger partial charge in [-0.25, -0.2) is 0 Å². The molecule has 1 saturated carbocycles. The molecule has 1 aliphatic rings. The minimum absolute atomic E-state index is 0.441. The van der Waals surface area contributed by atoms with Crippen molar-refractivity contribution in [3.05, 3.63) is 34.9 Å². The Morgan fingerprint density at radius 3 is 2.53 bits per heavy atom. The number of aryl methyl sites for hydroxylation is 2. The maximum absolute atomic E-state index is 3.64. The van der Waals surface area contributed by atoms with Crippen LogP contribution in [0.15, 0.2) is 18.2 Å². The maximum Gasteiger partial charge on any atom is 0.00110 e. The smallest absolute Gasteiger partial charge is 0.00110 e. The van der Waals surface area contributed by atoms with E-state index in [1.807, 2.05) is 0 Å². The molecule has 0 saturated heterocycles. The van der Waals surface area contributed by atoms with E-state index < -0.39 is 0 Å². The third-order valence-electron chi connectivity index (χ3n) is 4.70. The molecule has 1 heteroatoms. The van der Waals surface area contributed by atoms with Crippen LogP contribution in [0.2, 0.25) is 0 Å². The van der Waals surface area contributed by atoms with Crippen LogP contribution in [0, 0.1) is 25.2 Å². The lowest BCUT2D eigenvalue weighted by Crippen LogP contribution is -2.36. The first-order chi connectivity index (χ1) is 9.05. The summed E-state index contributed by atoms with van der Waals surface area (Å²) < 4.78 is 0. The van der Waals surface area contributed by atoms with Crippen LogP contribution >= 0.6 is 0 Å². The summed E-state index contributed by atoms with van der Waals surface area (Å²) >= 11 is 0. The van der Waals surface area contributed by atoms with Crippen molar-refractivity contribution in [3.63, 3.8) is 0 Å². The summed E-state index contributed by atoms with van der Waals surface area (Å²) in [6.45, 7) is 11.5. The van der Waals surface area contributed by atoms with Gasteiger partial charge >= 0.3 is 0 Å². The van der Waals surface area contributed by atoms with Crippen LogP contribution in [0.4, 0.5) is 0 Å². The van der Waals surface area contributed by atoms with Gasteiger partial charge in [0.2, 0.25) is 0 Å². The molecule has 0 amide bonds. The van der Waals surface area contributed by atoms with Crippen molar-refractivity contribution >= 4 is 0 Å². The first kappa shape index (κ1) is 14.6. The Morgan fingerprint density at radius 2 is 1.95 bits per heavy atom. The van der Waals surface area contributed by atoms with Crippen LogP contribution in [-0.2, 0) is 6.42 Å². The fourth-order valence-corrected chi connectivity index (χ4v) is 3.06. The lowest BCUT2D eigenvalue weighted by atomic mass is 9.78. The largest absolute Gasteiger partial charge is 0.316 e. The first-order valence-electron chi connectivity index (χ1n) is 7.82. The van der Waals surface area contributed by atoms with Crippen molar-refractivity contribution in [1.82, 2.24) is 5.32 Å². The Hall–Kier alpha value is -0.820. The highest BCUT2D eigenvalue weighted by Gasteiger charge is 2.40. The van der Waals surface area contributed by atoms with Crippen LogP contribution in [0.1, 0.15) is 49.8 Å². The number of benzene rings is 1. The van der Waals surface area contributed by atoms with E-state index in [0.717, 1.165) is 12.5 Å². The quantitative estimate of drug-likeness (QED) is 0.721. The van der Waals surface area contributed by atoms with Crippen LogP contribution in [0.25, 0.3) is 0 Å². The van der Waals surface area contributed by atoms with Gasteiger partial charge < -0.3 is 5.32 Å². The lowest BCUT2D eigenvalue weighted by Gasteiger charge is -2.30. The second kappa shape index (κ2) is 6.09. The second-order valence-corrected chi connectivity index (χ2v) is 6.70. The van der Waals surface area contributed by atoms with Crippen LogP contribution in [0.3, 0.4) is 0 Å². The summed E-state index contributed by atoms with van der Waals surface area (Å²) in [5, 5.41) is 3.64. The molecule has 1 unspecified atom stereocenters. The third kappa shape index (κ3) is 3.82. The van der Waals surface area contributed by atoms with Gasteiger partial charge in [-0.05, 0) is 74.1 Å². The number of hydrogen-bond donors (Lipinski definition) is 1. The van der Waals surface area contributed by atoms with Gasteiger partial charge in [-0.2, -0.15) is 0 Å².